The summed E-state index contributed by atoms with van der Waals surface area (Å²) in [5, 5.41) is 10.7. The van der Waals surface area contributed by atoms with E-state index >= 15 is 0 Å². The fourth-order valence-electron chi connectivity index (χ4n) is 3.92. The molecule has 0 aliphatic carbocycles. The zero-order valence-electron chi connectivity index (χ0n) is 14.4. The Kier molecular flexibility index (Phi) is 5.87. The Morgan fingerprint density at radius 2 is 2.00 bits per heavy atom. The van der Waals surface area contributed by atoms with Crippen LogP contribution in [0.4, 0.5) is 4.39 Å². The SMILES string of the molecule is CO[C@H]1CN(CC2(O)CCOCC2)CC[C@@H]1Cc1ccc(F)cc1. The summed E-state index contributed by atoms with van der Waals surface area (Å²) < 4.78 is 24.1. The van der Waals surface area contributed by atoms with Crippen LogP contribution in [0.3, 0.4) is 0 Å². The Morgan fingerprint density at radius 1 is 1.29 bits per heavy atom. The zero-order chi connectivity index (χ0) is 17.0. The third-order valence-electron chi connectivity index (χ3n) is 5.44. The van der Waals surface area contributed by atoms with Gasteiger partial charge in [-0.25, -0.2) is 4.39 Å². The van der Waals surface area contributed by atoms with Gasteiger partial charge in [0.25, 0.3) is 0 Å². The van der Waals surface area contributed by atoms with Crippen molar-refractivity contribution in [3.8, 4) is 0 Å². The van der Waals surface area contributed by atoms with Crippen LogP contribution >= 0.6 is 0 Å². The average molecular weight is 337 g/mol. The fourth-order valence-corrected chi connectivity index (χ4v) is 3.92. The maximum atomic E-state index is 13.1. The molecule has 2 saturated heterocycles. The summed E-state index contributed by atoms with van der Waals surface area (Å²) in [4.78, 5) is 2.32. The second-order valence-corrected chi connectivity index (χ2v) is 7.23. The summed E-state index contributed by atoms with van der Waals surface area (Å²) in [6.07, 6.45) is 3.50. The molecule has 1 aromatic carbocycles. The molecule has 0 bridgehead atoms. The maximum absolute atomic E-state index is 13.1. The highest BCUT2D eigenvalue weighted by atomic mass is 19.1. The van der Waals surface area contributed by atoms with Crippen molar-refractivity contribution in [2.24, 2.45) is 5.92 Å². The highest BCUT2D eigenvalue weighted by Crippen LogP contribution is 2.28. The van der Waals surface area contributed by atoms with E-state index in [1.54, 1.807) is 7.11 Å². The molecule has 2 atom stereocenters. The van der Waals surface area contributed by atoms with E-state index in [0.717, 1.165) is 31.5 Å². The van der Waals surface area contributed by atoms with E-state index in [4.69, 9.17) is 9.47 Å². The molecule has 1 aromatic rings. The van der Waals surface area contributed by atoms with Crippen molar-refractivity contribution in [3.63, 3.8) is 0 Å². The monoisotopic (exact) mass is 337 g/mol. The average Bonchev–Trinajstić information content (AvgIpc) is 2.58. The van der Waals surface area contributed by atoms with E-state index in [9.17, 15) is 9.50 Å². The summed E-state index contributed by atoms with van der Waals surface area (Å²) >= 11 is 0. The minimum Gasteiger partial charge on any atom is -0.388 e. The van der Waals surface area contributed by atoms with Gasteiger partial charge in [0.15, 0.2) is 0 Å². The summed E-state index contributed by atoms with van der Waals surface area (Å²) in [6.45, 7) is 3.79. The van der Waals surface area contributed by atoms with E-state index < -0.39 is 5.60 Å². The molecular weight excluding hydrogens is 309 g/mol. The Labute approximate surface area is 143 Å². The van der Waals surface area contributed by atoms with E-state index in [2.05, 4.69) is 4.90 Å². The van der Waals surface area contributed by atoms with Crippen molar-refractivity contribution >= 4 is 0 Å². The number of nitrogens with zero attached hydrogens (tertiary/aromatic N) is 1. The first-order valence-electron chi connectivity index (χ1n) is 8.88. The van der Waals surface area contributed by atoms with Crippen molar-refractivity contribution in [2.45, 2.75) is 37.4 Å². The standard InChI is InChI=1S/C19H28FNO3/c1-23-18-13-21(14-19(22)7-10-24-11-8-19)9-6-16(18)12-15-2-4-17(20)5-3-15/h2-5,16,18,22H,6-14H2,1H3/t16-,18+/m1/s1. The van der Waals surface area contributed by atoms with Crippen molar-refractivity contribution in [1.82, 2.24) is 4.90 Å². The van der Waals surface area contributed by atoms with Crippen molar-refractivity contribution in [3.05, 3.63) is 35.6 Å². The third kappa shape index (κ3) is 4.54. The van der Waals surface area contributed by atoms with E-state index in [1.165, 1.54) is 12.1 Å². The Balaban J connectivity index is 1.56. The molecule has 0 unspecified atom stereocenters. The number of likely N-dealkylation sites (tertiary alicyclic amines) is 1. The van der Waals surface area contributed by atoms with Crippen LogP contribution in [0.5, 0.6) is 0 Å². The summed E-state index contributed by atoms with van der Waals surface area (Å²) in [6, 6.07) is 6.76. The van der Waals surface area contributed by atoms with Crippen LogP contribution < -0.4 is 0 Å². The van der Waals surface area contributed by atoms with Crippen LogP contribution in [0.25, 0.3) is 0 Å². The van der Waals surface area contributed by atoms with Gasteiger partial charge in [-0.15, -0.1) is 0 Å². The van der Waals surface area contributed by atoms with Crippen molar-refractivity contribution in [2.75, 3.05) is 40.0 Å². The molecule has 3 rings (SSSR count). The molecule has 2 fully saturated rings. The molecule has 1 N–H and O–H groups in total. The molecule has 2 heterocycles. The number of rotatable bonds is 5. The van der Waals surface area contributed by atoms with E-state index in [0.29, 0.717) is 38.5 Å². The minimum atomic E-state index is -0.625. The lowest BCUT2D eigenvalue weighted by Gasteiger charge is -2.42. The molecule has 5 heteroatoms. The van der Waals surface area contributed by atoms with Crippen LogP contribution in [0.1, 0.15) is 24.8 Å². The largest absolute Gasteiger partial charge is 0.388 e. The molecule has 0 saturated carbocycles. The molecule has 0 amide bonds. The predicted molar refractivity (Wildman–Crippen MR) is 90.5 cm³/mol. The second-order valence-electron chi connectivity index (χ2n) is 7.23. The Hall–Kier alpha value is -1.01. The van der Waals surface area contributed by atoms with Gasteiger partial charge in [0.2, 0.25) is 0 Å². The summed E-state index contributed by atoms with van der Waals surface area (Å²) in [5.74, 6) is 0.239. The Morgan fingerprint density at radius 3 is 2.67 bits per heavy atom. The molecule has 0 radical (unpaired) electrons. The highest BCUT2D eigenvalue weighted by molar-refractivity contribution is 5.17. The number of halogens is 1. The lowest BCUT2D eigenvalue weighted by atomic mass is 9.86. The Bertz CT molecular complexity index is 516. The summed E-state index contributed by atoms with van der Waals surface area (Å²) in [5.41, 5.74) is 0.528. The van der Waals surface area contributed by atoms with Crippen LogP contribution in [0.2, 0.25) is 0 Å². The molecule has 2 aliphatic rings. The lowest BCUT2D eigenvalue weighted by Crippen LogP contribution is -2.53. The first-order chi connectivity index (χ1) is 11.6. The van der Waals surface area contributed by atoms with Gasteiger partial charge in [-0.2, -0.15) is 0 Å². The van der Waals surface area contributed by atoms with Gasteiger partial charge in [0, 0.05) is 46.3 Å². The first kappa shape index (κ1) is 17.8. The van der Waals surface area contributed by atoms with E-state index in [1.807, 2.05) is 12.1 Å². The second kappa shape index (κ2) is 7.91. The van der Waals surface area contributed by atoms with Gasteiger partial charge in [0.05, 0.1) is 11.7 Å². The van der Waals surface area contributed by atoms with Crippen LogP contribution in [-0.2, 0) is 15.9 Å². The quantitative estimate of drug-likeness (QED) is 0.895. The van der Waals surface area contributed by atoms with Crippen LogP contribution in [-0.4, -0.2) is 61.7 Å². The molecule has 24 heavy (non-hydrogen) atoms. The van der Waals surface area contributed by atoms with Gasteiger partial charge in [0.1, 0.15) is 5.82 Å². The van der Waals surface area contributed by atoms with Crippen LogP contribution in [0.15, 0.2) is 24.3 Å². The molecule has 0 spiro atoms. The highest BCUT2D eigenvalue weighted by Gasteiger charge is 2.36. The number of hydrogen-bond donors (Lipinski definition) is 1. The number of benzene rings is 1. The number of hydrogen-bond acceptors (Lipinski definition) is 4. The fraction of sp³-hybridized carbons (Fsp3) is 0.684. The normalized spacial score (nSPS) is 28.0. The number of piperidine rings is 1. The molecule has 0 aromatic heterocycles. The van der Waals surface area contributed by atoms with Gasteiger partial charge in [-0.1, -0.05) is 12.1 Å². The maximum Gasteiger partial charge on any atom is 0.123 e. The van der Waals surface area contributed by atoms with Gasteiger partial charge in [-0.3, -0.25) is 4.90 Å². The van der Waals surface area contributed by atoms with Gasteiger partial charge >= 0.3 is 0 Å². The number of β-amino-alcohol motifs (C(OH)–C–C–N with tert-alkyl or cyclic N) is 1. The molecule has 134 valence electrons. The van der Waals surface area contributed by atoms with Crippen molar-refractivity contribution in [1.29, 1.82) is 0 Å². The number of aliphatic hydroxyl groups is 1. The number of ether oxygens (including phenoxy) is 2. The van der Waals surface area contributed by atoms with Crippen molar-refractivity contribution < 1.29 is 19.0 Å². The van der Waals surface area contributed by atoms with Gasteiger partial charge < -0.3 is 14.6 Å². The molecule has 4 nitrogen and oxygen atoms in total. The molecule has 2 aliphatic heterocycles. The lowest BCUT2D eigenvalue weighted by molar-refractivity contribution is -0.0954. The predicted octanol–water partition coefficient (Wildman–Crippen LogP) is 2.25. The minimum absolute atomic E-state index is 0.146. The van der Waals surface area contributed by atoms with Crippen LogP contribution in [0, 0.1) is 11.7 Å². The van der Waals surface area contributed by atoms with Gasteiger partial charge in [-0.05, 0) is 43.0 Å². The first-order valence-corrected chi connectivity index (χ1v) is 8.88. The van der Waals surface area contributed by atoms with E-state index in [-0.39, 0.29) is 11.9 Å². The zero-order valence-corrected chi connectivity index (χ0v) is 14.4. The smallest absolute Gasteiger partial charge is 0.123 e. The molecular formula is C19H28FNO3. The summed E-state index contributed by atoms with van der Waals surface area (Å²) in [7, 11) is 1.76. The number of methoxy groups -OCH3 is 1. The third-order valence-corrected chi connectivity index (χ3v) is 5.44. The topological polar surface area (TPSA) is 41.9 Å².